The Kier molecular flexibility index (Phi) is 7.04. The molecule has 1 unspecified atom stereocenters. The number of hydrogen-bond donors (Lipinski definition) is 1. The van der Waals surface area contributed by atoms with Crippen molar-refractivity contribution in [2.45, 2.75) is 39.3 Å². The zero-order valence-electron chi connectivity index (χ0n) is 13.5. The van der Waals surface area contributed by atoms with Crippen molar-refractivity contribution in [1.29, 1.82) is 0 Å². The Balaban J connectivity index is 3.54. The minimum atomic E-state index is -7.44. The van der Waals surface area contributed by atoms with Gasteiger partial charge in [0.25, 0.3) is 0 Å². The van der Waals surface area contributed by atoms with E-state index in [4.69, 9.17) is 4.55 Å². The van der Waals surface area contributed by atoms with Crippen molar-refractivity contribution in [1.82, 2.24) is 0 Å². The standard InChI is InChI=1S/C12H3F15O2S2/c13-4-1-3(7(15,16)8(17,18)9(19,20)10(21,22)23)2-5(14)6(4)30-11(24,25)12(26,27)31(28)29/h1-2H,(H,28,29). The normalized spacial score (nSPS) is 15.9. The Hall–Kier alpha value is -1.37. The smallest absolute Gasteiger partial charge is 0.301 e. The Morgan fingerprint density at radius 2 is 1.13 bits per heavy atom. The van der Waals surface area contributed by atoms with E-state index in [0.717, 1.165) is 0 Å². The molecule has 0 aliphatic heterocycles. The maximum Gasteiger partial charge on any atom is 0.460 e. The van der Waals surface area contributed by atoms with Crippen molar-refractivity contribution in [3.63, 3.8) is 0 Å². The van der Waals surface area contributed by atoms with E-state index in [1.54, 1.807) is 0 Å². The number of alkyl halides is 13. The van der Waals surface area contributed by atoms with Gasteiger partial charge in [-0.3, -0.25) is 0 Å². The monoisotopic (exact) mass is 528 g/mol. The second-order valence-electron chi connectivity index (χ2n) is 5.37. The molecule has 1 aromatic rings. The van der Waals surface area contributed by atoms with Gasteiger partial charge in [-0.25, -0.2) is 13.0 Å². The predicted octanol–water partition coefficient (Wildman–Crippen LogP) is 6.39. The van der Waals surface area contributed by atoms with Crippen LogP contribution >= 0.6 is 11.8 Å². The highest BCUT2D eigenvalue weighted by Crippen LogP contribution is 2.57. The van der Waals surface area contributed by atoms with Crippen LogP contribution in [0.2, 0.25) is 0 Å². The van der Waals surface area contributed by atoms with Crippen molar-refractivity contribution >= 4 is 22.8 Å². The highest BCUT2D eigenvalue weighted by Gasteiger charge is 2.82. The van der Waals surface area contributed by atoms with Crippen LogP contribution < -0.4 is 0 Å². The molecule has 1 aromatic carbocycles. The molecule has 1 N–H and O–H groups in total. The van der Waals surface area contributed by atoms with Crippen LogP contribution in [0.3, 0.4) is 0 Å². The molecule has 31 heavy (non-hydrogen) atoms. The molecule has 180 valence electrons. The molecule has 19 heteroatoms. The predicted molar refractivity (Wildman–Crippen MR) is 72.7 cm³/mol. The molecule has 0 fully saturated rings. The average Bonchev–Trinajstić information content (AvgIpc) is 2.56. The summed E-state index contributed by atoms with van der Waals surface area (Å²) < 4.78 is 214. The van der Waals surface area contributed by atoms with E-state index in [1.807, 2.05) is 0 Å². The van der Waals surface area contributed by atoms with Gasteiger partial charge < -0.3 is 4.55 Å². The molecule has 0 radical (unpaired) electrons. The van der Waals surface area contributed by atoms with Gasteiger partial charge in [0.15, 0.2) is 0 Å². The second kappa shape index (κ2) is 7.89. The van der Waals surface area contributed by atoms with Crippen molar-refractivity contribution in [2.75, 3.05) is 0 Å². The quantitative estimate of drug-likeness (QED) is 0.253. The molecule has 0 aliphatic rings. The van der Waals surface area contributed by atoms with Gasteiger partial charge in [-0.15, -0.1) is 0 Å². The third-order valence-electron chi connectivity index (χ3n) is 3.29. The minimum absolute atomic E-state index is 1.07. The van der Waals surface area contributed by atoms with Crippen molar-refractivity contribution in [2.24, 2.45) is 0 Å². The summed E-state index contributed by atoms with van der Waals surface area (Å²) >= 11 is -6.52. The van der Waals surface area contributed by atoms with Crippen molar-refractivity contribution in [3.8, 4) is 0 Å². The van der Waals surface area contributed by atoms with Crippen LogP contribution in [0.25, 0.3) is 0 Å². The molecule has 0 heterocycles. The molecule has 0 saturated carbocycles. The van der Waals surface area contributed by atoms with E-state index in [9.17, 15) is 70.1 Å². The summed E-state index contributed by atoms with van der Waals surface area (Å²) in [5.74, 6) is -27.0. The highest BCUT2D eigenvalue weighted by atomic mass is 32.2. The van der Waals surface area contributed by atoms with Crippen LogP contribution in [-0.2, 0) is 17.0 Å². The maximum absolute atomic E-state index is 13.7. The van der Waals surface area contributed by atoms with E-state index in [2.05, 4.69) is 0 Å². The fourth-order valence-electron chi connectivity index (χ4n) is 1.68. The Labute approximate surface area is 167 Å². The molecule has 1 atom stereocenters. The Morgan fingerprint density at radius 1 is 0.742 bits per heavy atom. The summed E-state index contributed by atoms with van der Waals surface area (Å²) in [6, 6.07) is -2.15. The van der Waals surface area contributed by atoms with Crippen LogP contribution in [0.1, 0.15) is 5.56 Å². The highest BCUT2D eigenvalue weighted by molar-refractivity contribution is 8.01. The number of thioether (sulfide) groups is 1. The Morgan fingerprint density at radius 3 is 1.45 bits per heavy atom. The van der Waals surface area contributed by atoms with Gasteiger partial charge in [-0.1, -0.05) is 0 Å². The first-order valence-electron chi connectivity index (χ1n) is 6.70. The van der Waals surface area contributed by atoms with E-state index in [1.165, 1.54) is 0 Å². The molecule has 0 amide bonds. The number of hydrogen-bond acceptors (Lipinski definition) is 2. The molecule has 0 saturated heterocycles. The topological polar surface area (TPSA) is 37.3 Å². The molecular formula is C12H3F15O2S2. The lowest BCUT2D eigenvalue weighted by atomic mass is 9.96. The third-order valence-corrected chi connectivity index (χ3v) is 5.22. The molecule has 0 bridgehead atoms. The van der Waals surface area contributed by atoms with Crippen LogP contribution in [0.15, 0.2) is 17.0 Å². The van der Waals surface area contributed by atoms with Crippen molar-refractivity contribution < 1.29 is 74.6 Å². The van der Waals surface area contributed by atoms with Crippen molar-refractivity contribution in [3.05, 3.63) is 29.3 Å². The lowest BCUT2D eigenvalue weighted by Gasteiger charge is -2.34. The first-order valence-corrected chi connectivity index (χ1v) is 8.62. The Bertz CT molecular complexity index is 841. The van der Waals surface area contributed by atoms with E-state index < -0.39 is 91.5 Å². The van der Waals surface area contributed by atoms with Gasteiger partial charge in [0.2, 0.25) is 11.1 Å². The zero-order valence-corrected chi connectivity index (χ0v) is 15.1. The molecule has 2 nitrogen and oxygen atoms in total. The third kappa shape index (κ3) is 4.44. The van der Waals surface area contributed by atoms with Gasteiger partial charge in [0.1, 0.15) is 11.6 Å². The van der Waals surface area contributed by atoms with Gasteiger partial charge >= 0.3 is 34.5 Å². The lowest BCUT2D eigenvalue weighted by molar-refractivity contribution is -0.399. The van der Waals surface area contributed by atoms with Gasteiger partial charge in [0.05, 0.1) is 4.90 Å². The molecule has 1 rings (SSSR count). The summed E-state index contributed by atoms with van der Waals surface area (Å²) in [6.45, 7) is 0. The molecular weight excluding hydrogens is 525 g/mol. The van der Waals surface area contributed by atoms with Gasteiger partial charge in [0, 0.05) is 5.56 Å². The summed E-state index contributed by atoms with van der Waals surface area (Å²) in [4.78, 5) is -2.33. The van der Waals surface area contributed by atoms with E-state index in [0.29, 0.717) is 0 Å². The summed E-state index contributed by atoms with van der Waals surface area (Å²) in [7, 11) is 0. The van der Waals surface area contributed by atoms with Crippen LogP contribution in [0.4, 0.5) is 65.9 Å². The summed E-state index contributed by atoms with van der Waals surface area (Å²) in [5.41, 5.74) is -2.89. The fourth-order valence-corrected chi connectivity index (χ4v) is 2.91. The average molecular weight is 528 g/mol. The molecule has 0 aliphatic carbocycles. The first-order chi connectivity index (χ1) is 13.4. The summed E-state index contributed by atoms with van der Waals surface area (Å²) in [5, 5.41) is -11.7. The fraction of sp³-hybridized carbons (Fsp3) is 0.500. The number of halogens is 15. The maximum atomic E-state index is 13.7. The minimum Gasteiger partial charge on any atom is -0.301 e. The van der Waals surface area contributed by atoms with Crippen LogP contribution in [0.5, 0.6) is 0 Å². The van der Waals surface area contributed by atoms with E-state index >= 15 is 0 Å². The van der Waals surface area contributed by atoms with Crippen LogP contribution in [-0.4, -0.2) is 37.3 Å². The number of benzene rings is 1. The largest absolute Gasteiger partial charge is 0.460 e. The van der Waals surface area contributed by atoms with Gasteiger partial charge in [-0.05, 0) is 23.9 Å². The lowest BCUT2D eigenvalue weighted by Crippen LogP contribution is -2.59. The zero-order chi connectivity index (χ0) is 25.0. The second-order valence-corrected chi connectivity index (χ2v) is 7.51. The SMILES string of the molecule is O=S(O)C(F)(F)C(F)(F)Sc1c(F)cc(C(F)(F)C(F)(F)C(F)(F)C(F)(F)F)cc1F. The first kappa shape index (κ1) is 27.7. The van der Waals surface area contributed by atoms with E-state index in [-0.39, 0.29) is 0 Å². The summed E-state index contributed by atoms with van der Waals surface area (Å²) in [6.07, 6.45) is -7.26. The van der Waals surface area contributed by atoms with Crippen LogP contribution in [0, 0.1) is 11.6 Å². The van der Waals surface area contributed by atoms with Gasteiger partial charge in [-0.2, -0.15) is 57.1 Å². The molecule has 0 aromatic heterocycles. The number of rotatable bonds is 7. The molecule has 0 spiro atoms.